The normalized spacial score (nSPS) is 11.4. The van der Waals surface area contributed by atoms with E-state index in [0.717, 1.165) is 0 Å². The van der Waals surface area contributed by atoms with Gasteiger partial charge in [-0.15, -0.1) is 0 Å². The molecule has 0 atom stereocenters. The van der Waals surface area contributed by atoms with Gasteiger partial charge in [0.15, 0.2) is 0 Å². The van der Waals surface area contributed by atoms with E-state index < -0.39 is 17.3 Å². The second-order valence-corrected chi connectivity index (χ2v) is 4.63. The van der Waals surface area contributed by atoms with E-state index in [0.29, 0.717) is 19.4 Å². The van der Waals surface area contributed by atoms with Gasteiger partial charge in [-0.2, -0.15) is 0 Å². The van der Waals surface area contributed by atoms with Crippen molar-refractivity contribution < 1.29 is 9.18 Å². The first-order valence-electron chi connectivity index (χ1n) is 5.96. The molecule has 1 aromatic rings. The number of hydrogen-bond donors (Lipinski definition) is 2. The lowest BCUT2D eigenvalue weighted by atomic mass is 9.92. The van der Waals surface area contributed by atoms with Gasteiger partial charge in [0.25, 0.3) is 5.91 Å². The Labute approximate surface area is 112 Å². The largest absolute Gasteiger partial charge is 0.345 e. The molecule has 0 radical (unpaired) electrons. The summed E-state index contributed by atoms with van der Waals surface area (Å²) >= 11 is 5.78. The highest BCUT2D eigenvalue weighted by Gasteiger charge is 2.27. The Bertz CT molecular complexity index is 425. The van der Waals surface area contributed by atoms with Crippen LogP contribution in [-0.2, 0) is 0 Å². The van der Waals surface area contributed by atoms with Gasteiger partial charge in [0.2, 0.25) is 0 Å². The van der Waals surface area contributed by atoms with Crippen molar-refractivity contribution in [3.63, 3.8) is 0 Å². The number of benzene rings is 1. The van der Waals surface area contributed by atoms with Crippen molar-refractivity contribution in [2.24, 2.45) is 5.73 Å². The smallest absolute Gasteiger partial charge is 0.253 e. The summed E-state index contributed by atoms with van der Waals surface area (Å²) in [5.41, 5.74) is 5.37. The molecule has 0 spiro atoms. The minimum atomic E-state index is -0.601. The summed E-state index contributed by atoms with van der Waals surface area (Å²) in [5, 5.41) is 2.69. The van der Waals surface area contributed by atoms with E-state index in [1.165, 1.54) is 18.2 Å². The Hall–Kier alpha value is -1.13. The second kappa shape index (κ2) is 6.16. The SMILES string of the molecule is CCC(CC)(CN)NC(=O)c1cccc(F)c1Cl. The average molecular weight is 273 g/mol. The molecule has 0 unspecified atom stereocenters. The number of carbonyl (C=O) groups is 1. The highest BCUT2D eigenvalue weighted by molar-refractivity contribution is 6.34. The van der Waals surface area contributed by atoms with Gasteiger partial charge in [0.1, 0.15) is 5.82 Å². The quantitative estimate of drug-likeness (QED) is 0.866. The third kappa shape index (κ3) is 3.00. The molecule has 0 aliphatic heterocycles. The molecule has 0 aliphatic carbocycles. The van der Waals surface area contributed by atoms with Crippen molar-refractivity contribution in [3.8, 4) is 0 Å². The number of amides is 1. The van der Waals surface area contributed by atoms with E-state index in [-0.39, 0.29) is 10.6 Å². The summed E-state index contributed by atoms with van der Waals surface area (Å²) in [6.07, 6.45) is 1.41. The first-order valence-corrected chi connectivity index (χ1v) is 6.34. The fourth-order valence-corrected chi connectivity index (χ4v) is 1.97. The molecular formula is C13H18ClFN2O. The minimum Gasteiger partial charge on any atom is -0.345 e. The molecule has 1 amide bonds. The molecule has 100 valence electrons. The maximum atomic E-state index is 13.3. The van der Waals surface area contributed by atoms with Crippen LogP contribution in [0.1, 0.15) is 37.0 Å². The molecule has 0 heterocycles. The maximum absolute atomic E-state index is 13.3. The Balaban J connectivity index is 2.98. The number of halogens is 2. The summed E-state index contributed by atoms with van der Waals surface area (Å²) in [5.74, 6) is -0.996. The van der Waals surface area contributed by atoms with Gasteiger partial charge in [-0.25, -0.2) is 4.39 Å². The summed E-state index contributed by atoms with van der Waals surface area (Å²) in [7, 11) is 0. The van der Waals surface area contributed by atoms with Crippen molar-refractivity contribution in [2.45, 2.75) is 32.2 Å². The zero-order chi connectivity index (χ0) is 13.8. The predicted molar refractivity (Wildman–Crippen MR) is 71.2 cm³/mol. The van der Waals surface area contributed by atoms with Gasteiger partial charge in [-0.1, -0.05) is 31.5 Å². The van der Waals surface area contributed by atoms with Crippen molar-refractivity contribution in [1.82, 2.24) is 5.32 Å². The van der Waals surface area contributed by atoms with Crippen LogP contribution in [0, 0.1) is 5.82 Å². The van der Waals surface area contributed by atoms with Crippen LogP contribution in [0.3, 0.4) is 0 Å². The molecule has 3 N–H and O–H groups in total. The first-order chi connectivity index (χ1) is 8.49. The van der Waals surface area contributed by atoms with Crippen LogP contribution in [0.25, 0.3) is 0 Å². The molecule has 0 aliphatic rings. The highest BCUT2D eigenvalue weighted by atomic mass is 35.5. The van der Waals surface area contributed by atoms with Gasteiger partial charge in [-0.3, -0.25) is 4.79 Å². The van der Waals surface area contributed by atoms with Crippen LogP contribution in [0.15, 0.2) is 18.2 Å². The Morgan fingerprint density at radius 3 is 2.56 bits per heavy atom. The lowest BCUT2D eigenvalue weighted by Crippen LogP contribution is -2.52. The lowest BCUT2D eigenvalue weighted by Gasteiger charge is -2.31. The Kier molecular flexibility index (Phi) is 5.11. The van der Waals surface area contributed by atoms with E-state index in [1.54, 1.807) is 0 Å². The molecule has 0 bridgehead atoms. The van der Waals surface area contributed by atoms with Gasteiger partial charge < -0.3 is 11.1 Å². The number of rotatable bonds is 5. The van der Waals surface area contributed by atoms with Crippen molar-refractivity contribution in [3.05, 3.63) is 34.6 Å². The second-order valence-electron chi connectivity index (χ2n) is 4.25. The third-order valence-corrected chi connectivity index (χ3v) is 3.70. The first kappa shape index (κ1) is 14.9. The molecule has 0 fully saturated rings. The van der Waals surface area contributed by atoms with Gasteiger partial charge >= 0.3 is 0 Å². The molecule has 3 nitrogen and oxygen atoms in total. The molecule has 0 aromatic heterocycles. The standard InChI is InChI=1S/C13H18ClFN2O/c1-3-13(4-2,8-16)17-12(18)9-6-5-7-10(15)11(9)14/h5-7H,3-4,8,16H2,1-2H3,(H,17,18). The molecule has 18 heavy (non-hydrogen) atoms. The number of hydrogen-bond acceptors (Lipinski definition) is 2. The van der Waals surface area contributed by atoms with Crippen LogP contribution in [0.4, 0.5) is 4.39 Å². The Morgan fingerprint density at radius 1 is 1.44 bits per heavy atom. The maximum Gasteiger partial charge on any atom is 0.253 e. The molecule has 1 rings (SSSR count). The number of nitrogens with two attached hydrogens (primary N) is 1. The van der Waals surface area contributed by atoms with Gasteiger partial charge in [0.05, 0.1) is 16.1 Å². The van der Waals surface area contributed by atoms with Gasteiger partial charge in [0, 0.05) is 6.54 Å². The van der Waals surface area contributed by atoms with E-state index >= 15 is 0 Å². The van der Waals surface area contributed by atoms with E-state index in [9.17, 15) is 9.18 Å². The zero-order valence-corrected chi connectivity index (χ0v) is 11.4. The number of nitrogens with one attached hydrogen (secondary N) is 1. The van der Waals surface area contributed by atoms with E-state index in [2.05, 4.69) is 5.32 Å². The predicted octanol–water partition coefficient (Wildman–Crippen LogP) is 2.73. The Morgan fingerprint density at radius 2 is 2.06 bits per heavy atom. The lowest BCUT2D eigenvalue weighted by molar-refractivity contribution is 0.0895. The molecule has 1 aromatic carbocycles. The molecular weight excluding hydrogens is 255 g/mol. The summed E-state index contributed by atoms with van der Waals surface area (Å²) in [6.45, 7) is 4.23. The monoisotopic (exact) mass is 272 g/mol. The van der Waals surface area contributed by atoms with Gasteiger partial charge in [-0.05, 0) is 25.0 Å². The molecule has 5 heteroatoms. The highest BCUT2D eigenvalue weighted by Crippen LogP contribution is 2.21. The van der Waals surface area contributed by atoms with Crippen molar-refractivity contribution in [2.75, 3.05) is 6.54 Å². The van der Waals surface area contributed by atoms with Crippen LogP contribution >= 0.6 is 11.6 Å². The van der Waals surface area contributed by atoms with Crippen molar-refractivity contribution in [1.29, 1.82) is 0 Å². The van der Waals surface area contributed by atoms with Crippen LogP contribution < -0.4 is 11.1 Å². The average Bonchev–Trinajstić information content (AvgIpc) is 2.39. The topological polar surface area (TPSA) is 55.1 Å². The summed E-state index contributed by atoms with van der Waals surface area (Å²) in [4.78, 5) is 12.1. The van der Waals surface area contributed by atoms with Crippen LogP contribution in [0.2, 0.25) is 5.02 Å². The fraction of sp³-hybridized carbons (Fsp3) is 0.462. The summed E-state index contributed by atoms with van der Waals surface area (Å²) < 4.78 is 13.3. The molecule has 0 saturated heterocycles. The summed E-state index contributed by atoms with van der Waals surface area (Å²) in [6, 6.07) is 4.17. The molecule has 0 saturated carbocycles. The van der Waals surface area contributed by atoms with E-state index in [1.807, 2.05) is 13.8 Å². The van der Waals surface area contributed by atoms with Crippen molar-refractivity contribution >= 4 is 17.5 Å². The van der Waals surface area contributed by atoms with E-state index in [4.69, 9.17) is 17.3 Å². The minimum absolute atomic E-state index is 0.136. The van der Waals surface area contributed by atoms with Crippen LogP contribution in [0.5, 0.6) is 0 Å². The van der Waals surface area contributed by atoms with Crippen LogP contribution in [-0.4, -0.2) is 18.0 Å². The third-order valence-electron chi connectivity index (χ3n) is 3.32. The fourth-order valence-electron chi connectivity index (χ4n) is 1.75. The number of carbonyl (C=O) groups excluding carboxylic acids is 1. The zero-order valence-electron chi connectivity index (χ0n) is 10.6.